The van der Waals surface area contributed by atoms with Crippen molar-refractivity contribution in [3.8, 4) is 0 Å². The molecule has 0 radical (unpaired) electrons. The molecule has 23 heavy (non-hydrogen) atoms. The fourth-order valence-electron chi connectivity index (χ4n) is 3.00. The molecule has 1 N–H and O–H groups in total. The van der Waals surface area contributed by atoms with Gasteiger partial charge in [-0.15, -0.1) is 0 Å². The van der Waals surface area contributed by atoms with Crippen LogP contribution in [0.15, 0.2) is 30.3 Å². The molecule has 124 valence electrons. The van der Waals surface area contributed by atoms with Gasteiger partial charge < -0.3 is 5.32 Å². The van der Waals surface area contributed by atoms with Crippen LogP contribution in [0.25, 0.3) is 0 Å². The Morgan fingerprint density at radius 3 is 2.57 bits per heavy atom. The maximum absolute atomic E-state index is 12.5. The van der Waals surface area contributed by atoms with Crippen molar-refractivity contribution >= 4 is 22.0 Å². The van der Waals surface area contributed by atoms with Gasteiger partial charge in [-0.2, -0.15) is 4.31 Å². The maximum atomic E-state index is 12.5. The average molecular weight is 337 g/mol. The molecule has 2 saturated heterocycles. The van der Waals surface area contributed by atoms with Crippen molar-refractivity contribution in [2.45, 2.75) is 18.9 Å². The molecule has 1 atom stereocenters. The van der Waals surface area contributed by atoms with Crippen LogP contribution in [-0.4, -0.2) is 61.0 Å². The van der Waals surface area contributed by atoms with Crippen LogP contribution in [0.5, 0.6) is 0 Å². The van der Waals surface area contributed by atoms with Crippen molar-refractivity contribution in [2.75, 3.05) is 25.4 Å². The third-order valence-electron chi connectivity index (χ3n) is 4.25. The number of amides is 3. The van der Waals surface area contributed by atoms with E-state index >= 15 is 0 Å². The number of carbonyl (C=O) groups is 2. The second-order valence-electron chi connectivity index (χ2n) is 5.77. The van der Waals surface area contributed by atoms with Crippen LogP contribution in [0.1, 0.15) is 12.0 Å². The first-order chi connectivity index (χ1) is 11.0. The largest absolute Gasteiger partial charge is 0.329 e. The van der Waals surface area contributed by atoms with Gasteiger partial charge in [0.2, 0.25) is 15.9 Å². The van der Waals surface area contributed by atoms with Gasteiger partial charge in [0.15, 0.2) is 0 Å². The number of urea groups is 1. The van der Waals surface area contributed by atoms with E-state index in [-0.39, 0.29) is 30.8 Å². The van der Waals surface area contributed by atoms with E-state index in [4.69, 9.17) is 0 Å². The van der Waals surface area contributed by atoms with E-state index in [9.17, 15) is 18.0 Å². The number of carbonyl (C=O) groups excluding carboxylic acids is 2. The van der Waals surface area contributed by atoms with Crippen LogP contribution in [0.2, 0.25) is 0 Å². The van der Waals surface area contributed by atoms with E-state index in [2.05, 4.69) is 5.32 Å². The molecular weight excluding hydrogens is 318 g/mol. The highest BCUT2D eigenvalue weighted by Gasteiger charge is 2.41. The summed E-state index contributed by atoms with van der Waals surface area (Å²) in [4.78, 5) is 24.5. The van der Waals surface area contributed by atoms with Gasteiger partial charge in [0, 0.05) is 13.1 Å². The van der Waals surface area contributed by atoms with E-state index in [1.54, 1.807) is 0 Å². The van der Waals surface area contributed by atoms with Crippen molar-refractivity contribution in [3.05, 3.63) is 35.9 Å². The minimum Gasteiger partial charge on any atom is -0.329 e. The number of benzene rings is 1. The summed E-state index contributed by atoms with van der Waals surface area (Å²) in [7, 11) is -3.39. The summed E-state index contributed by atoms with van der Waals surface area (Å²) in [5.74, 6) is -0.257. The summed E-state index contributed by atoms with van der Waals surface area (Å²) < 4.78 is 26.3. The van der Waals surface area contributed by atoms with Crippen molar-refractivity contribution in [3.63, 3.8) is 0 Å². The van der Waals surface area contributed by atoms with E-state index < -0.39 is 16.1 Å². The number of aryl methyl sites for hydroxylation is 1. The highest BCUT2D eigenvalue weighted by Crippen LogP contribution is 2.21. The molecule has 3 rings (SSSR count). The summed E-state index contributed by atoms with van der Waals surface area (Å²) in [5, 5.41) is 2.47. The minimum atomic E-state index is -3.39. The molecule has 0 bridgehead atoms. The molecule has 0 unspecified atom stereocenters. The molecule has 7 nitrogen and oxygen atoms in total. The first-order valence-electron chi connectivity index (χ1n) is 7.59. The lowest BCUT2D eigenvalue weighted by molar-refractivity contribution is -0.126. The van der Waals surface area contributed by atoms with Gasteiger partial charge in [0.05, 0.1) is 18.3 Å². The fourth-order valence-corrected chi connectivity index (χ4v) is 4.53. The lowest BCUT2D eigenvalue weighted by Gasteiger charge is -2.21. The Balaban J connectivity index is 1.61. The summed E-state index contributed by atoms with van der Waals surface area (Å²) in [6.45, 7) is 0.533. The minimum absolute atomic E-state index is 0.00388. The SMILES string of the molecule is O=C1CNC(=O)N1[C@H]1CCN(S(=O)(=O)CCc2ccccc2)C1. The highest BCUT2D eigenvalue weighted by atomic mass is 32.2. The molecule has 2 aliphatic rings. The van der Waals surface area contributed by atoms with Gasteiger partial charge in [-0.05, 0) is 18.4 Å². The summed E-state index contributed by atoms with van der Waals surface area (Å²) >= 11 is 0. The van der Waals surface area contributed by atoms with Crippen molar-refractivity contribution in [1.82, 2.24) is 14.5 Å². The van der Waals surface area contributed by atoms with E-state index in [0.29, 0.717) is 19.4 Å². The van der Waals surface area contributed by atoms with Gasteiger partial charge >= 0.3 is 6.03 Å². The first kappa shape index (κ1) is 15.9. The van der Waals surface area contributed by atoms with Crippen molar-refractivity contribution in [1.29, 1.82) is 0 Å². The standard InChI is InChI=1S/C15H19N3O4S/c19-14-10-16-15(20)18(14)13-6-8-17(11-13)23(21,22)9-7-12-4-2-1-3-5-12/h1-5,13H,6-11H2,(H,16,20)/t13-/m0/s1. The lowest BCUT2D eigenvalue weighted by Crippen LogP contribution is -2.43. The van der Waals surface area contributed by atoms with Crippen LogP contribution in [0, 0.1) is 0 Å². The number of sulfonamides is 1. The second kappa shape index (κ2) is 6.29. The Bertz CT molecular complexity index is 689. The number of nitrogens with one attached hydrogen (secondary N) is 1. The summed E-state index contributed by atoms with van der Waals surface area (Å²) in [5.41, 5.74) is 0.973. The van der Waals surface area contributed by atoms with Gasteiger partial charge in [-0.25, -0.2) is 13.2 Å². The maximum Gasteiger partial charge on any atom is 0.324 e. The molecule has 0 aliphatic carbocycles. The zero-order valence-corrected chi connectivity index (χ0v) is 13.5. The molecule has 0 saturated carbocycles. The van der Waals surface area contributed by atoms with Gasteiger partial charge in [-0.1, -0.05) is 30.3 Å². The Kier molecular flexibility index (Phi) is 4.36. The third-order valence-corrected chi connectivity index (χ3v) is 6.09. The summed E-state index contributed by atoms with van der Waals surface area (Å²) in [6, 6.07) is 8.66. The van der Waals surface area contributed by atoms with E-state index in [1.165, 1.54) is 4.31 Å². The van der Waals surface area contributed by atoms with Gasteiger partial charge in [0.1, 0.15) is 0 Å². The molecule has 0 aromatic heterocycles. The van der Waals surface area contributed by atoms with Crippen LogP contribution in [0.3, 0.4) is 0 Å². The van der Waals surface area contributed by atoms with Crippen LogP contribution < -0.4 is 5.32 Å². The number of imide groups is 1. The zero-order chi connectivity index (χ0) is 16.4. The smallest absolute Gasteiger partial charge is 0.324 e. The van der Waals surface area contributed by atoms with Crippen LogP contribution in [0.4, 0.5) is 4.79 Å². The Hall–Kier alpha value is -1.93. The topological polar surface area (TPSA) is 86.8 Å². The van der Waals surface area contributed by atoms with Crippen LogP contribution >= 0.6 is 0 Å². The Labute approximate surface area is 135 Å². The van der Waals surface area contributed by atoms with Crippen LogP contribution in [-0.2, 0) is 21.2 Å². The second-order valence-corrected chi connectivity index (χ2v) is 7.86. The van der Waals surface area contributed by atoms with Gasteiger partial charge in [0.25, 0.3) is 0 Å². The molecule has 1 aromatic carbocycles. The highest BCUT2D eigenvalue weighted by molar-refractivity contribution is 7.89. The number of nitrogens with zero attached hydrogens (tertiary/aromatic N) is 2. The lowest BCUT2D eigenvalue weighted by atomic mass is 10.2. The van der Waals surface area contributed by atoms with E-state index in [0.717, 1.165) is 10.5 Å². The Morgan fingerprint density at radius 1 is 1.17 bits per heavy atom. The Morgan fingerprint density at radius 2 is 1.91 bits per heavy atom. The van der Waals surface area contributed by atoms with Crippen molar-refractivity contribution in [2.24, 2.45) is 0 Å². The number of hydrogen-bond acceptors (Lipinski definition) is 4. The molecule has 3 amide bonds. The molecule has 1 aromatic rings. The summed E-state index contributed by atoms with van der Waals surface area (Å²) in [6.07, 6.45) is 0.942. The third kappa shape index (κ3) is 3.37. The number of hydrogen-bond donors (Lipinski definition) is 1. The molecule has 2 heterocycles. The quantitative estimate of drug-likeness (QED) is 0.777. The number of rotatable bonds is 5. The first-order valence-corrected chi connectivity index (χ1v) is 9.20. The molecule has 2 fully saturated rings. The predicted octanol–water partition coefficient (Wildman–Crippen LogP) is 0.185. The molecule has 2 aliphatic heterocycles. The van der Waals surface area contributed by atoms with E-state index in [1.807, 2.05) is 30.3 Å². The normalized spacial score (nSPS) is 22.6. The molecule has 8 heteroatoms. The molecule has 0 spiro atoms. The average Bonchev–Trinajstić information content (AvgIpc) is 3.14. The fraction of sp³-hybridized carbons (Fsp3) is 0.467. The monoisotopic (exact) mass is 337 g/mol. The molecular formula is C15H19N3O4S. The zero-order valence-electron chi connectivity index (χ0n) is 12.6. The predicted molar refractivity (Wildman–Crippen MR) is 84.2 cm³/mol. The van der Waals surface area contributed by atoms with Gasteiger partial charge in [-0.3, -0.25) is 9.69 Å². The van der Waals surface area contributed by atoms with Crippen molar-refractivity contribution < 1.29 is 18.0 Å².